The second kappa shape index (κ2) is 5.67. The monoisotopic (exact) mass is 258 g/mol. The summed E-state index contributed by atoms with van der Waals surface area (Å²) in [5, 5.41) is 12.0. The molecule has 0 radical (unpaired) electrons. The summed E-state index contributed by atoms with van der Waals surface area (Å²) in [5.41, 5.74) is -0.512. The molecule has 1 heterocycles. The van der Waals surface area contributed by atoms with Crippen LogP contribution in [0.4, 0.5) is 0 Å². The van der Waals surface area contributed by atoms with Crippen molar-refractivity contribution < 1.29 is 19.4 Å². The van der Waals surface area contributed by atoms with Gasteiger partial charge in [0.2, 0.25) is 5.91 Å². The van der Waals surface area contributed by atoms with Crippen molar-refractivity contribution in [2.45, 2.75) is 44.9 Å². The summed E-state index contributed by atoms with van der Waals surface area (Å²) < 4.78 is 5.19. The first-order valence-electron chi connectivity index (χ1n) is 6.05. The average Bonchev–Trinajstić information content (AvgIpc) is 2.71. The van der Waals surface area contributed by atoms with Crippen molar-refractivity contribution in [1.82, 2.24) is 10.2 Å². The number of carbonyl (C=O) groups is 2. The first-order valence-corrected chi connectivity index (χ1v) is 6.05. The number of carboxylic acids is 1. The molecule has 0 aromatic carbocycles. The summed E-state index contributed by atoms with van der Waals surface area (Å²) in [6.07, 6.45) is 0.604. The Morgan fingerprint density at radius 2 is 2.06 bits per heavy atom. The van der Waals surface area contributed by atoms with Crippen LogP contribution in [0.1, 0.15) is 27.2 Å². The second-order valence-corrected chi connectivity index (χ2v) is 5.54. The van der Waals surface area contributed by atoms with E-state index in [2.05, 4.69) is 5.32 Å². The van der Waals surface area contributed by atoms with Crippen molar-refractivity contribution in [1.29, 1.82) is 0 Å². The number of aliphatic carboxylic acids is 1. The van der Waals surface area contributed by atoms with E-state index < -0.39 is 11.5 Å². The number of nitrogens with one attached hydrogen (secondary N) is 1. The second-order valence-electron chi connectivity index (χ2n) is 5.54. The minimum absolute atomic E-state index is 0.0191. The number of hydrogen-bond acceptors (Lipinski definition) is 4. The molecule has 0 bridgehead atoms. The van der Waals surface area contributed by atoms with Crippen LogP contribution in [0.2, 0.25) is 0 Å². The predicted molar refractivity (Wildman–Crippen MR) is 66.3 cm³/mol. The summed E-state index contributed by atoms with van der Waals surface area (Å²) in [5.74, 6) is -1.18. The standard InChI is InChI=1S/C12H22N2O4/c1-12(2,3)14(7-10(15)16)11(17)9-5-8(18-4)6-13-9/h8-9,13H,5-7H2,1-4H3,(H,15,16). The van der Waals surface area contributed by atoms with Crippen molar-refractivity contribution in [3.05, 3.63) is 0 Å². The lowest BCUT2D eigenvalue weighted by Crippen LogP contribution is -2.53. The molecule has 0 aromatic heterocycles. The third-order valence-electron chi connectivity index (χ3n) is 3.09. The highest BCUT2D eigenvalue weighted by Crippen LogP contribution is 2.18. The Morgan fingerprint density at radius 1 is 1.44 bits per heavy atom. The molecule has 1 rings (SSSR count). The zero-order valence-electron chi connectivity index (χ0n) is 11.4. The van der Waals surface area contributed by atoms with E-state index in [9.17, 15) is 9.59 Å². The molecule has 104 valence electrons. The maximum atomic E-state index is 12.3. The van der Waals surface area contributed by atoms with Crippen LogP contribution in [0.15, 0.2) is 0 Å². The van der Waals surface area contributed by atoms with Crippen LogP contribution >= 0.6 is 0 Å². The summed E-state index contributed by atoms with van der Waals surface area (Å²) in [7, 11) is 1.61. The fourth-order valence-electron chi connectivity index (χ4n) is 2.04. The third-order valence-corrected chi connectivity index (χ3v) is 3.09. The quantitative estimate of drug-likeness (QED) is 0.746. The van der Waals surface area contributed by atoms with Gasteiger partial charge in [0.1, 0.15) is 6.54 Å². The maximum absolute atomic E-state index is 12.3. The zero-order valence-corrected chi connectivity index (χ0v) is 11.4. The van der Waals surface area contributed by atoms with E-state index in [-0.39, 0.29) is 24.6 Å². The van der Waals surface area contributed by atoms with E-state index in [1.54, 1.807) is 7.11 Å². The molecule has 1 amide bonds. The lowest BCUT2D eigenvalue weighted by atomic mass is 10.0. The van der Waals surface area contributed by atoms with E-state index in [4.69, 9.17) is 9.84 Å². The Morgan fingerprint density at radius 3 is 2.44 bits per heavy atom. The van der Waals surface area contributed by atoms with Gasteiger partial charge in [0.15, 0.2) is 0 Å². The van der Waals surface area contributed by atoms with Crippen molar-refractivity contribution in [3.8, 4) is 0 Å². The van der Waals surface area contributed by atoms with Crippen LogP contribution in [0, 0.1) is 0 Å². The summed E-state index contributed by atoms with van der Waals surface area (Å²) in [6, 6.07) is -0.353. The minimum atomic E-state index is -1.00. The van der Waals surface area contributed by atoms with Crippen LogP contribution in [0.25, 0.3) is 0 Å². The van der Waals surface area contributed by atoms with Gasteiger partial charge in [-0.2, -0.15) is 0 Å². The van der Waals surface area contributed by atoms with Crippen LogP contribution in [0.3, 0.4) is 0 Å². The van der Waals surface area contributed by atoms with Crippen LogP contribution in [0.5, 0.6) is 0 Å². The predicted octanol–water partition coefficient (Wildman–Crippen LogP) is 0.0750. The van der Waals surface area contributed by atoms with Crippen molar-refractivity contribution in [3.63, 3.8) is 0 Å². The molecular formula is C12H22N2O4. The molecule has 2 unspecified atom stereocenters. The SMILES string of the molecule is COC1CNC(C(=O)N(CC(=O)O)C(C)(C)C)C1. The molecular weight excluding hydrogens is 236 g/mol. The molecule has 1 saturated heterocycles. The Labute approximate surface area is 107 Å². The Hall–Kier alpha value is -1.14. The smallest absolute Gasteiger partial charge is 0.323 e. The molecule has 6 nitrogen and oxygen atoms in total. The molecule has 1 aliphatic heterocycles. The highest BCUT2D eigenvalue weighted by molar-refractivity contribution is 5.86. The molecule has 2 N–H and O–H groups in total. The van der Waals surface area contributed by atoms with Gasteiger partial charge in [-0.3, -0.25) is 9.59 Å². The van der Waals surface area contributed by atoms with E-state index in [0.717, 1.165) is 0 Å². The Kier molecular flexibility index (Phi) is 4.70. The van der Waals surface area contributed by atoms with Crippen molar-refractivity contribution in [2.75, 3.05) is 20.2 Å². The molecule has 1 fully saturated rings. The zero-order chi connectivity index (χ0) is 13.9. The van der Waals surface area contributed by atoms with Gasteiger partial charge in [-0.15, -0.1) is 0 Å². The molecule has 6 heteroatoms. The minimum Gasteiger partial charge on any atom is -0.480 e. The Balaban J connectivity index is 2.74. The Bertz CT molecular complexity index is 325. The number of methoxy groups -OCH3 is 1. The molecule has 0 aliphatic carbocycles. The number of rotatable bonds is 4. The van der Waals surface area contributed by atoms with E-state index in [1.807, 2.05) is 20.8 Å². The van der Waals surface area contributed by atoms with Crippen molar-refractivity contribution >= 4 is 11.9 Å². The number of carbonyl (C=O) groups excluding carboxylic acids is 1. The molecule has 1 aliphatic rings. The molecule has 2 atom stereocenters. The van der Waals surface area contributed by atoms with Gasteiger partial charge < -0.3 is 20.1 Å². The number of hydrogen-bond donors (Lipinski definition) is 2. The number of carboxylic acid groups (broad SMARTS) is 1. The topological polar surface area (TPSA) is 78.9 Å². The van der Waals surface area contributed by atoms with Gasteiger partial charge in [-0.25, -0.2) is 0 Å². The van der Waals surface area contributed by atoms with Gasteiger partial charge in [0, 0.05) is 19.2 Å². The first-order chi connectivity index (χ1) is 8.25. The lowest BCUT2D eigenvalue weighted by Gasteiger charge is -2.36. The highest BCUT2D eigenvalue weighted by atomic mass is 16.5. The van der Waals surface area contributed by atoms with Gasteiger partial charge >= 0.3 is 5.97 Å². The third kappa shape index (κ3) is 3.68. The fraction of sp³-hybridized carbons (Fsp3) is 0.833. The van der Waals surface area contributed by atoms with Gasteiger partial charge in [-0.1, -0.05) is 0 Å². The highest BCUT2D eigenvalue weighted by Gasteiger charge is 2.37. The van der Waals surface area contributed by atoms with Crippen LogP contribution in [-0.4, -0.2) is 59.8 Å². The lowest BCUT2D eigenvalue weighted by molar-refractivity contribution is -0.149. The number of ether oxygens (including phenoxy) is 1. The largest absolute Gasteiger partial charge is 0.480 e. The van der Waals surface area contributed by atoms with E-state index in [1.165, 1.54) is 4.90 Å². The van der Waals surface area contributed by atoms with Gasteiger partial charge in [0.05, 0.1) is 12.1 Å². The molecule has 0 saturated carbocycles. The van der Waals surface area contributed by atoms with E-state index >= 15 is 0 Å². The molecule has 18 heavy (non-hydrogen) atoms. The van der Waals surface area contributed by atoms with E-state index in [0.29, 0.717) is 13.0 Å². The van der Waals surface area contributed by atoms with Crippen molar-refractivity contribution in [2.24, 2.45) is 0 Å². The number of nitrogens with zero attached hydrogens (tertiary/aromatic N) is 1. The number of amides is 1. The summed E-state index contributed by atoms with van der Waals surface area (Å²) in [6.45, 7) is 5.83. The maximum Gasteiger partial charge on any atom is 0.323 e. The average molecular weight is 258 g/mol. The summed E-state index contributed by atoms with van der Waals surface area (Å²) in [4.78, 5) is 24.6. The molecule has 0 spiro atoms. The van der Waals surface area contributed by atoms with Gasteiger partial charge in [-0.05, 0) is 27.2 Å². The van der Waals surface area contributed by atoms with Gasteiger partial charge in [0.25, 0.3) is 0 Å². The molecule has 0 aromatic rings. The normalized spacial score (nSPS) is 24.0. The van der Waals surface area contributed by atoms with Crippen LogP contribution < -0.4 is 5.32 Å². The van der Waals surface area contributed by atoms with Crippen LogP contribution in [-0.2, 0) is 14.3 Å². The summed E-state index contributed by atoms with van der Waals surface area (Å²) >= 11 is 0. The first kappa shape index (κ1) is 14.9. The fourth-order valence-corrected chi connectivity index (χ4v) is 2.04.